The second-order valence-corrected chi connectivity index (χ2v) is 3.10. The fourth-order valence-electron chi connectivity index (χ4n) is 0.665. The lowest BCUT2D eigenvalue weighted by molar-refractivity contribution is 0.0759. The molecule has 5 heteroatoms. The molecule has 0 spiro atoms. The summed E-state index contributed by atoms with van der Waals surface area (Å²) >= 11 is 1.27. The van der Waals surface area contributed by atoms with Crippen molar-refractivity contribution >= 4 is 11.5 Å². The van der Waals surface area contributed by atoms with E-state index in [1.165, 1.54) is 11.5 Å². The van der Waals surface area contributed by atoms with Gasteiger partial charge in [-0.2, -0.15) is 4.37 Å². The zero-order chi connectivity index (χ0) is 8.81. The standard InChI is InChI=1S/C7H11NO3S/c9-5-6(10)2-4-11-7-1-3-8-12-7/h1,3,6,9-10H,2,4-5H2. The Balaban J connectivity index is 2.11. The maximum atomic E-state index is 8.94. The van der Waals surface area contributed by atoms with Gasteiger partial charge in [-0.05, 0) is 0 Å². The Labute approximate surface area is 74.6 Å². The molecular formula is C7H11NO3S. The zero-order valence-electron chi connectivity index (χ0n) is 6.51. The van der Waals surface area contributed by atoms with Gasteiger partial charge in [0.1, 0.15) is 0 Å². The molecule has 0 saturated carbocycles. The molecule has 0 saturated heterocycles. The van der Waals surface area contributed by atoms with Crippen LogP contribution in [0.5, 0.6) is 5.06 Å². The Kier molecular flexibility index (Phi) is 3.99. The van der Waals surface area contributed by atoms with Gasteiger partial charge in [-0.25, -0.2) is 0 Å². The largest absolute Gasteiger partial charge is 0.483 e. The third-order valence-electron chi connectivity index (χ3n) is 1.32. The van der Waals surface area contributed by atoms with Gasteiger partial charge in [0.25, 0.3) is 0 Å². The lowest BCUT2D eigenvalue weighted by Gasteiger charge is -2.06. The maximum absolute atomic E-state index is 8.94. The van der Waals surface area contributed by atoms with E-state index in [9.17, 15) is 0 Å². The molecule has 12 heavy (non-hydrogen) atoms. The van der Waals surface area contributed by atoms with E-state index >= 15 is 0 Å². The minimum absolute atomic E-state index is 0.216. The van der Waals surface area contributed by atoms with Crippen molar-refractivity contribution in [3.8, 4) is 5.06 Å². The Morgan fingerprint density at radius 1 is 1.67 bits per heavy atom. The number of rotatable bonds is 5. The van der Waals surface area contributed by atoms with Crippen LogP contribution in [0, 0.1) is 0 Å². The van der Waals surface area contributed by atoms with Crippen LogP contribution in [0.2, 0.25) is 0 Å². The van der Waals surface area contributed by atoms with E-state index in [0.717, 1.165) is 5.06 Å². The predicted molar refractivity (Wildman–Crippen MR) is 45.3 cm³/mol. The second kappa shape index (κ2) is 5.08. The minimum Gasteiger partial charge on any atom is -0.483 e. The predicted octanol–water partition coefficient (Wildman–Crippen LogP) is 0.265. The summed E-state index contributed by atoms with van der Waals surface area (Å²) in [4.78, 5) is 0. The molecule has 0 amide bonds. The summed E-state index contributed by atoms with van der Waals surface area (Å²) in [6, 6.07) is 1.76. The van der Waals surface area contributed by atoms with Gasteiger partial charge in [-0.1, -0.05) is 0 Å². The first kappa shape index (κ1) is 9.44. The van der Waals surface area contributed by atoms with Gasteiger partial charge < -0.3 is 14.9 Å². The van der Waals surface area contributed by atoms with Crippen molar-refractivity contribution < 1.29 is 14.9 Å². The summed E-state index contributed by atoms with van der Waals surface area (Å²) in [7, 11) is 0. The Morgan fingerprint density at radius 2 is 2.50 bits per heavy atom. The molecular weight excluding hydrogens is 178 g/mol. The fourth-order valence-corrected chi connectivity index (χ4v) is 1.15. The molecule has 0 aliphatic heterocycles. The Bertz CT molecular complexity index is 202. The molecule has 1 aromatic heterocycles. The van der Waals surface area contributed by atoms with Crippen molar-refractivity contribution in [2.24, 2.45) is 0 Å². The molecule has 2 N–H and O–H groups in total. The van der Waals surface area contributed by atoms with Gasteiger partial charge in [0.15, 0.2) is 5.06 Å². The van der Waals surface area contributed by atoms with Crippen LogP contribution in [0.25, 0.3) is 0 Å². The molecule has 1 rings (SSSR count). The molecule has 0 aliphatic rings. The van der Waals surface area contributed by atoms with Crippen LogP contribution >= 0.6 is 11.5 Å². The van der Waals surface area contributed by atoms with Crippen molar-refractivity contribution in [2.45, 2.75) is 12.5 Å². The molecule has 0 aromatic carbocycles. The van der Waals surface area contributed by atoms with E-state index < -0.39 is 6.10 Å². The SMILES string of the molecule is OCC(O)CCOc1ccns1. The van der Waals surface area contributed by atoms with Gasteiger partial charge >= 0.3 is 0 Å². The van der Waals surface area contributed by atoms with Gasteiger partial charge in [0, 0.05) is 30.2 Å². The molecule has 68 valence electrons. The molecule has 1 atom stereocenters. The number of hydrogen-bond acceptors (Lipinski definition) is 5. The zero-order valence-corrected chi connectivity index (χ0v) is 7.33. The van der Waals surface area contributed by atoms with Crippen LogP contribution in [0.4, 0.5) is 0 Å². The molecule has 1 heterocycles. The minimum atomic E-state index is -0.682. The number of ether oxygens (including phenoxy) is 1. The summed E-state index contributed by atoms with van der Waals surface area (Å²) in [6.07, 6.45) is 1.41. The van der Waals surface area contributed by atoms with Crippen molar-refractivity contribution in [2.75, 3.05) is 13.2 Å². The van der Waals surface area contributed by atoms with Crippen molar-refractivity contribution in [3.05, 3.63) is 12.3 Å². The maximum Gasteiger partial charge on any atom is 0.193 e. The summed E-state index contributed by atoms with van der Waals surface area (Å²) in [5, 5.41) is 18.2. The van der Waals surface area contributed by atoms with E-state index in [4.69, 9.17) is 14.9 Å². The summed E-state index contributed by atoms with van der Waals surface area (Å²) in [5.41, 5.74) is 0. The smallest absolute Gasteiger partial charge is 0.193 e. The van der Waals surface area contributed by atoms with Crippen LogP contribution in [-0.4, -0.2) is 33.9 Å². The lowest BCUT2D eigenvalue weighted by atomic mass is 10.3. The van der Waals surface area contributed by atoms with Crippen LogP contribution in [0.1, 0.15) is 6.42 Å². The van der Waals surface area contributed by atoms with Gasteiger partial charge in [-0.3, -0.25) is 0 Å². The van der Waals surface area contributed by atoms with E-state index in [0.29, 0.717) is 13.0 Å². The number of aliphatic hydroxyl groups is 2. The highest BCUT2D eigenvalue weighted by Crippen LogP contribution is 2.14. The summed E-state index contributed by atoms with van der Waals surface area (Å²) in [6.45, 7) is 0.190. The first-order chi connectivity index (χ1) is 5.83. The quantitative estimate of drug-likeness (QED) is 0.697. The molecule has 0 radical (unpaired) electrons. The highest BCUT2D eigenvalue weighted by molar-refractivity contribution is 7.07. The molecule has 0 fully saturated rings. The van der Waals surface area contributed by atoms with Gasteiger partial charge in [0.2, 0.25) is 0 Å². The van der Waals surface area contributed by atoms with Gasteiger partial charge in [0.05, 0.1) is 19.3 Å². The number of aromatic nitrogens is 1. The second-order valence-electron chi connectivity index (χ2n) is 2.31. The third-order valence-corrected chi connectivity index (χ3v) is 1.98. The lowest BCUT2D eigenvalue weighted by Crippen LogP contribution is -2.15. The van der Waals surface area contributed by atoms with Crippen LogP contribution in [0.3, 0.4) is 0 Å². The summed E-state index contributed by atoms with van der Waals surface area (Å²) in [5.74, 6) is 0. The van der Waals surface area contributed by atoms with E-state index in [2.05, 4.69) is 4.37 Å². The average molecular weight is 189 g/mol. The van der Waals surface area contributed by atoms with E-state index in [-0.39, 0.29) is 6.61 Å². The van der Waals surface area contributed by atoms with Gasteiger partial charge in [-0.15, -0.1) is 0 Å². The molecule has 1 unspecified atom stereocenters. The van der Waals surface area contributed by atoms with E-state index in [1.54, 1.807) is 12.3 Å². The Hall–Kier alpha value is -0.650. The topological polar surface area (TPSA) is 62.6 Å². The number of aliphatic hydroxyl groups excluding tert-OH is 2. The fraction of sp³-hybridized carbons (Fsp3) is 0.571. The summed E-state index contributed by atoms with van der Waals surface area (Å²) < 4.78 is 9.05. The number of nitrogens with zero attached hydrogens (tertiary/aromatic N) is 1. The van der Waals surface area contributed by atoms with Crippen molar-refractivity contribution in [3.63, 3.8) is 0 Å². The van der Waals surface area contributed by atoms with Crippen LogP contribution < -0.4 is 4.74 Å². The number of hydrogen-bond donors (Lipinski definition) is 2. The van der Waals surface area contributed by atoms with Crippen molar-refractivity contribution in [1.29, 1.82) is 0 Å². The monoisotopic (exact) mass is 189 g/mol. The first-order valence-corrected chi connectivity index (χ1v) is 4.42. The van der Waals surface area contributed by atoms with E-state index in [1.807, 2.05) is 0 Å². The van der Waals surface area contributed by atoms with Crippen LogP contribution in [0.15, 0.2) is 12.3 Å². The van der Waals surface area contributed by atoms with Crippen LogP contribution in [-0.2, 0) is 0 Å². The molecule has 4 nitrogen and oxygen atoms in total. The molecule has 0 bridgehead atoms. The Morgan fingerprint density at radius 3 is 3.08 bits per heavy atom. The molecule has 0 aliphatic carbocycles. The normalized spacial score (nSPS) is 12.8. The highest BCUT2D eigenvalue weighted by Gasteiger charge is 2.02. The highest BCUT2D eigenvalue weighted by atomic mass is 32.1. The third kappa shape index (κ3) is 3.17. The average Bonchev–Trinajstić information content (AvgIpc) is 2.57. The first-order valence-electron chi connectivity index (χ1n) is 3.65. The molecule has 1 aromatic rings. The van der Waals surface area contributed by atoms with Crippen molar-refractivity contribution in [1.82, 2.24) is 4.37 Å².